The van der Waals surface area contributed by atoms with Gasteiger partial charge < -0.3 is 5.11 Å². The molecule has 1 fully saturated rings. The number of sulfonamides is 1. The number of aromatic nitrogens is 2. The molecule has 0 aromatic carbocycles. The summed E-state index contributed by atoms with van der Waals surface area (Å²) in [5.74, 6) is -0.282. The van der Waals surface area contributed by atoms with Crippen LogP contribution in [0.3, 0.4) is 0 Å². The highest BCUT2D eigenvalue weighted by Crippen LogP contribution is 2.26. The van der Waals surface area contributed by atoms with Crippen molar-refractivity contribution in [2.45, 2.75) is 37.4 Å². The van der Waals surface area contributed by atoms with Gasteiger partial charge in [-0.25, -0.2) is 21.6 Å². The van der Waals surface area contributed by atoms with Crippen molar-refractivity contribution >= 4 is 19.9 Å². The lowest BCUT2D eigenvalue weighted by Gasteiger charge is -2.23. The van der Waals surface area contributed by atoms with Crippen LogP contribution < -0.4 is 4.72 Å². The second-order valence-corrected chi connectivity index (χ2v) is 9.08. The van der Waals surface area contributed by atoms with Gasteiger partial charge in [0.15, 0.2) is 14.9 Å². The molecule has 2 rings (SSSR count). The van der Waals surface area contributed by atoms with Gasteiger partial charge in [-0.15, -0.1) is 0 Å². The molecule has 1 aromatic heterocycles. The van der Waals surface area contributed by atoms with Gasteiger partial charge >= 0.3 is 0 Å². The molecule has 20 heavy (non-hydrogen) atoms. The maximum absolute atomic E-state index is 12.3. The Morgan fingerprint density at radius 3 is 2.65 bits per heavy atom. The summed E-state index contributed by atoms with van der Waals surface area (Å²) in [6.07, 6.45) is 0.215. The topological polar surface area (TPSA) is 129 Å². The summed E-state index contributed by atoms with van der Waals surface area (Å²) < 4.78 is 50.0. The van der Waals surface area contributed by atoms with E-state index >= 15 is 0 Å². The third kappa shape index (κ3) is 2.87. The minimum Gasteiger partial charge on any atom is -0.392 e. The molecule has 0 radical (unpaired) electrons. The minimum absolute atomic E-state index is 0.0432. The first-order chi connectivity index (χ1) is 9.09. The van der Waals surface area contributed by atoms with Gasteiger partial charge in [0.25, 0.3) is 10.0 Å². The quantitative estimate of drug-likeness (QED) is 0.656. The van der Waals surface area contributed by atoms with E-state index in [4.69, 9.17) is 0 Å². The molecule has 1 aliphatic rings. The fraction of sp³-hybridized carbons (Fsp3) is 0.700. The summed E-state index contributed by atoms with van der Waals surface area (Å²) in [6, 6.07) is 0. The van der Waals surface area contributed by atoms with Gasteiger partial charge in [0.2, 0.25) is 0 Å². The number of aliphatic hydroxyl groups is 1. The molecule has 10 heteroatoms. The second-order valence-electron chi connectivity index (χ2n) is 5.30. The Morgan fingerprint density at radius 2 is 2.15 bits per heavy atom. The Kier molecular flexibility index (Phi) is 3.70. The van der Waals surface area contributed by atoms with Gasteiger partial charge in [0.1, 0.15) is 0 Å². The summed E-state index contributed by atoms with van der Waals surface area (Å²) in [4.78, 5) is 0. The molecule has 1 unspecified atom stereocenters. The third-order valence-corrected chi connectivity index (χ3v) is 6.84. The summed E-state index contributed by atoms with van der Waals surface area (Å²) >= 11 is 0. The van der Waals surface area contributed by atoms with Crippen LogP contribution in [0.2, 0.25) is 0 Å². The molecule has 1 aliphatic heterocycles. The average Bonchev–Trinajstić information content (AvgIpc) is 2.78. The van der Waals surface area contributed by atoms with Gasteiger partial charge in [-0.2, -0.15) is 5.10 Å². The smallest absolute Gasteiger partial charge is 0.260 e. The number of nitrogens with zero attached hydrogens (tertiary/aromatic N) is 1. The summed E-state index contributed by atoms with van der Waals surface area (Å²) in [7, 11) is -7.21. The number of nitrogens with one attached hydrogen (secondary N) is 2. The second kappa shape index (κ2) is 4.79. The van der Waals surface area contributed by atoms with Crippen LogP contribution in [0.4, 0.5) is 0 Å². The van der Waals surface area contributed by atoms with E-state index in [2.05, 4.69) is 14.9 Å². The average molecular weight is 323 g/mol. The number of aryl methyl sites for hydroxylation is 1. The molecule has 114 valence electrons. The lowest BCUT2D eigenvalue weighted by Crippen LogP contribution is -2.47. The Morgan fingerprint density at radius 1 is 1.50 bits per heavy atom. The van der Waals surface area contributed by atoms with Crippen molar-refractivity contribution in [2.24, 2.45) is 0 Å². The fourth-order valence-corrected chi connectivity index (χ4v) is 6.11. The molecule has 0 saturated carbocycles. The first kappa shape index (κ1) is 15.4. The van der Waals surface area contributed by atoms with Crippen LogP contribution in [0, 0.1) is 6.92 Å². The maximum atomic E-state index is 12.3. The predicted molar refractivity (Wildman–Crippen MR) is 71.2 cm³/mol. The van der Waals surface area contributed by atoms with E-state index in [-0.39, 0.29) is 28.5 Å². The first-order valence-corrected chi connectivity index (χ1v) is 9.28. The van der Waals surface area contributed by atoms with Crippen LogP contribution in [-0.2, 0) is 26.5 Å². The Bertz CT molecular complexity index is 722. The van der Waals surface area contributed by atoms with E-state index in [9.17, 15) is 21.9 Å². The highest BCUT2D eigenvalue weighted by atomic mass is 32.2. The molecule has 0 bridgehead atoms. The molecule has 0 amide bonds. The molecule has 8 nitrogen and oxygen atoms in total. The highest BCUT2D eigenvalue weighted by molar-refractivity contribution is 7.92. The minimum atomic E-state index is -3.99. The number of sulfone groups is 1. The van der Waals surface area contributed by atoms with Crippen LogP contribution in [0.5, 0.6) is 0 Å². The van der Waals surface area contributed by atoms with Crippen LogP contribution in [0.1, 0.15) is 24.6 Å². The van der Waals surface area contributed by atoms with Crippen LogP contribution in [0.25, 0.3) is 0 Å². The van der Waals surface area contributed by atoms with Crippen LogP contribution >= 0.6 is 0 Å². The zero-order valence-electron chi connectivity index (χ0n) is 11.2. The van der Waals surface area contributed by atoms with Crippen molar-refractivity contribution in [2.75, 3.05) is 11.5 Å². The molecule has 0 spiro atoms. The van der Waals surface area contributed by atoms with E-state index in [1.165, 1.54) is 0 Å². The number of hydrogen-bond acceptors (Lipinski definition) is 6. The molecule has 1 aromatic rings. The van der Waals surface area contributed by atoms with Crippen LogP contribution in [0.15, 0.2) is 5.03 Å². The molecular weight excluding hydrogens is 306 g/mol. The molecule has 3 N–H and O–H groups in total. The summed E-state index contributed by atoms with van der Waals surface area (Å²) in [6.45, 7) is 2.68. The van der Waals surface area contributed by atoms with E-state index in [0.29, 0.717) is 5.69 Å². The summed E-state index contributed by atoms with van der Waals surface area (Å²) in [5.41, 5.74) is -0.406. The lowest BCUT2D eigenvalue weighted by molar-refractivity contribution is 0.277. The summed E-state index contributed by atoms with van der Waals surface area (Å²) in [5, 5.41) is 15.1. The Hall–Kier alpha value is -0.970. The number of hydrogen-bond donors (Lipinski definition) is 3. The zero-order valence-corrected chi connectivity index (χ0v) is 12.8. The molecular formula is C10H17N3O5S2. The van der Waals surface area contributed by atoms with Crippen molar-refractivity contribution in [3.63, 3.8) is 0 Å². The van der Waals surface area contributed by atoms with Gasteiger partial charge in [-0.3, -0.25) is 5.10 Å². The SMILES string of the molecule is Cc1[nH]nc(S(=O)(=O)NC2(C)CCS(=O)(=O)C2)c1CO. The van der Waals surface area contributed by atoms with Gasteiger partial charge in [-0.05, 0) is 20.3 Å². The highest BCUT2D eigenvalue weighted by Gasteiger charge is 2.42. The monoisotopic (exact) mass is 323 g/mol. The van der Waals surface area contributed by atoms with Gasteiger partial charge in [0, 0.05) is 16.8 Å². The molecule has 0 aliphatic carbocycles. The lowest BCUT2D eigenvalue weighted by atomic mass is 10.0. The third-order valence-electron chi connectivity index (χ3n) is 3.33. The van der Waals surface area contributed by atoms with Crippen molar-refractivity contribution in [1.29, 1.82) is 0 Å². The number of rotatable bonds is 4. The number of aliphatic hydroxyl groups excluding tert-OH is 1. The molecule has 1 saturated heterocycles. The predicted octanol–water partition coefficient (Wildman–Crippen LogP) is -0.934. The van der Waals surface area contributed by atoms with Crippen molar-refractivity contribution in [1.82, 2.24) is 14.9 Å². The van der Waals surface area contributed by atoms with E-state index in [1.54, 1.807) is 13.8 Å². The normalized spacial score (nSPS) is 25.9. The van der Waals surface area contributed by atoms with E-state index in [0.717, 1.165) is 0 Å². The van der Waals surface area contributed by atoms with Gasteiger partial charge in [0.05, 0.1) is 18.1 Å². The largest absolute Gasteiger partial charge is 0.392 e. The molecule has 1 atom stereocenters. The Balaban J connectivity index is 2.33. The van der Waals surface area contributed by atoms with Crippen molar-refractivity contribution in [3.05, 3.63) is 11.3 Å². The number of H-pyrrole nitrogens is 1. The van der Waals surface area contributed by atoms with E-state index < -0.39 is 32.0 Å². The molecule has 2 heterocycles. The Labute approximate surface area is 117 Å². The van der Waals surface area contributed by atoms with Gasteiger partial charge in [-0.1, -0.05) is 0 Å². The van der Waals surface area contributed by atoms with E-state index in [1.807, 2.05) is 0 Å². The fourth-order valence-electron chi connectivity index (χ4n) is 2.30. The first-order valence-electron chi connectivity index (χ1n) is 5.98. The standard InChI is InChI=1S/C10H17N3O5S2/c1-7-8(5-14)9(12-11-7)20(17,18)13-10(2)3-4-19(15,16)6-10/h13-14H,3-6H2,1-2H3,(H,11,12). The number of aromatic amines is 1. The van der Waals surface area contributed by atoms with Crippen molar-refractivity contribution in [3.8, 4) is 0 Å². The van der Waals surface area contributed by atoms with Crippen molar-refractivity contribution < 1.29 is 21.9 Å². The zero-order chi connectivity index (χ0) is 15.2. The maximum Gasteiger partial charge on any atom is 0.260 e. The van der Waals surface area contributed by atoms with Crippen LogP contribution in [-0.4, -0.2) is 49.2 Å².